The van der Waals surface area contributed by atoms with E-state index in [-0.39, 0.29) is 23.5 Å². The molecule has 0 saturated carbocycles. The zero-order valence-electron chi connectivity index (χ0n) is 15.0. The Bertz CT molecular complexity index is 1010. The van der Waals surface area contributed by atoms with Gasteiger partial charge < -0.3 is 19.3 Å². The Balaban J connectivity index is 1.79. The molecule has 2 heterocycles. The summed E-state index contributed by atoms with van der Waals surface area (Å²) in [7, 11) is -3.83. The Labute approximate surface area is 162 Å². The summed E-state index contributed by atoms with van der Waals surface area (Å²) in [5.74, 6) is -0.0505. The lowest BCUT2D eigenvalue weighted by Gasteiger charge is -2.26. The molecule has 1 saturated heterocycles. The molecule has 28 heavy (non-hydrogen) atoms. The lowest BCUT2D eigenvalue weighted by Crippen LogP contribution is -2.40. The van der Waals surface area contributed by atoms with Crippen LogP contribution in [0.25, 0.3) is 11.1 Å². The average Bonchev–Trinajstić information content (AvgIpc) is 2.73. The highest BCUT2D eigenvalue weighted by molar-refractivity contribution is 7.89. The lowest BCUT2D eigenvalue weighted by molar-refractivity contribution is 0.0696. The number of fused-ring (bicyclic) bond motifs is 1. The monoisotopic (exact) mass is 405 g/mol. The average molecular weight is 405 g/mol. The predicted molar refractivity (Wildman–Crippen MR) is 99.4 cm³/mol. The summed E-state index contributed by atoms with van der Waals surface area (Å²) in [4.78, 5) is 11.5. The number of nitrogens with zero attached hydrogens (tertiary/aromatic N) is 1. The van der Waals surface area contributed by atoms with Crippen molar-refractivity contribution in [2.24, 2.45) is 0 Å². The molecule has 0 aliphatic carbocycles. The van der Waals surface area contributed by atoms with Crippen molar-refractivity contribution in [2.75, 3.05) is 39.5 Å². The number of carbonyl (C=O) groups is 1. The number of hydrogen-bond acceptors (Lipinski definition) is 6. The van der Waals surface area contributed by atoms with Gasteiger partial charge in [0.05, 0.1) is 23.7 Å². The van der Waals surface area contributed by atoms with Gasteiger partial charge in [-0.2, -0.15) is 4.31 Å². The van der Waals surface area contributed by atoms with Crippen molar-refractivity contribution < 1.29 is 32.5 Å². The molecule has 0 amide bonds. The molecular formula is C19H19NO7S. The van der Waals surface area contributed by atoms with Gasteiger partial charge in [-0.3, -0.25) is 0 Å². The zero-order valence-corrected chi connectivity index (χ0v) is 15.8. The molecule has 148 valence electrons. The molecular weight excluding hydrogens is 386 g/mol. The fourth-order valence-electron chi connectivity index (χ4n) is 3.20. The van der Waals surface area contributed by atoms with Crippen LogP contribution < -0.4 is 9.47 Å². The van der Waals surface area contributed by atoms with E-state index < -0.39 is 16.0 Å². The normalized spacial score (nSPS) is 17.3. The molecule has 0 spiro atoms. The number of ether oxygens (including phenoxy) is 3. The number of rotatable bonds is 4. The summed E-state index contributed by atoms with van der Waals surface area (Å²) in [6.45, 7) is 1.97. The van der Waals surface area contributed by atoms with Gasteiger partial charge in [0.2, 0.25) is 10.0 Å². The van der Waals surface area contributed by atoms with Crippen LogP contribution in [0.2, 0.25) is 0 Å². The Morgan fingerprint density at radius 2 is 1.61 bits per heavy atom. The van der Waals surface area contributed by atoms with Gasteiger partial charge in [0.15, 0.2) is 11.5 Å². The summed E-state index contributed by atoms with van der Waals surface area (Å²) in [5, 5.41) is 9.48. The van der Waals surface area contributed by atoms with E-state index in [1.54, 1.807) is 18.2 Å². The van der Waals surface area contributed by atoms with Gasteiger partial charge in [-0.05, 0) is 41.5 Å². The summed E-state index contributed by atoms with van der Waals surface area (Å²) >= 11 is 0. The number of sulfonamides is 1. The van der Waals surface area contributed by atoms with E-state index in [1.807, 2.05) is 0 Å². The highest BCUT2D eigenvalue weighted by atomic mass is 32.2. The minimum absolute atomic E-state index is 0.0563. The molecule has 2 aromatic rings. The van der Waals surface area contributed by atoms with Gasteiger partial charge >= 0.3 is 5.97 Å². The highest BCUT2D eigenvalue weighted by Crippen LogP contribution is 2.35. The third-order valence-electron chi connectivity index (χ3n) is 4.64. The van der Waals surface area contributed by atoms with Crippen LogP contribution >= 0.6 is 0 Å². The minimum Gasteiger partial charge on any atom is -0.486 e. The van der Waals surface area contributed by atoms with Crippen molar-refractivity contribution in [1.82, 2.24) is 4.31 Å². The van der Waals surface area contributed by atoms with Crippen LogP contribution in [0.15, 0.2) is 41.3 Å². The van der Waals surface area contributed by atoms with Crippen molar-refractivity contribution in [3.8, 4) is 22.6 Å². The maximum Gasteiger partial charge on any atom is 0.335 e. The number of carboxylic acids is 1. The van der Waals surface area contributed by atoms with Crippen LogP contribution in [0.4, 0.5) is 0 Å². The first kappa shape index (κ1) is 18.7. The van der Waals surface area contributed by atoms with Crippen LogP contribution in [0, 0.1) is 0 Å². The number of carboxylic acid groups (broad SMARTS) is 1. The number of aromatic carboxylic acids is 1. The van der Waals surface area contributed by atoms with Crippen LogP contribution in [0.1, 0.15) is 10.4 Å². The van der Waals surface area contributed by atoms with Crippen molar-refractivity contribution in [3.63, 3.8) is 0 Å². The van der Waals surface area contributed by atoms with E-state index in [9.17, 15) is 18.3 Å². The molecule has 0 unspecified atom stereocenters. The van der Waals surface area contributed by atoms with Gasteiger partial charge in [-0.1, -0.05) is 6.07 Å². The molecule has 0 aromatic heterocycles. The lowest BCUT2D eigenvalue weighted by atomic mass is 10.0. The van der Waals surface area contributed by atoms with Crippen molar-refractivity contribution in [1.29, 1.82) is 0 Å². The fourth-order valence-corrected chi connectivity index (χ4v) is 4.68. The molecule has 0 atom stereocenters. The van der Waals surface area contributed by atoms with E-state index in [2.05, 4.69) is 0 Å². The second-order valence-corrected chi connectivity index (χ2v) is 8.36. The molecule has 1 fully saturated rings. The number of benzene rings is 2. The fraction of sp³-hybridized carbons (Fsp3) is 0.316. The van der Waals surface area contributed by atoms with Gasteiger partial charge in [0, 0.05) is 13.1 Å². The van der Waals surface area contributed by atoms with E-state index in [1.165, 1.54) is 22.5 Å². The second kappa shape index (κ2) is 7.42. The third-order valence-corrected chi connectivity index (χ3v) is 6.51. The Hall–Kier alpha value is -2.62. The van der Waals surface area contributed by atoms with Gasteiger partial charge in [0.1, 0.15) is 13.2 Å². The van der Waals surface area contributed by atoms with Crippen LogP contribution in [-0.2, 0) is 14.8 Å². The molecule has 2 aliphatic heterocycles. The first-order chi connectivity index (χ1) is 13.4. The topological polar surface area (TPSA) is 102 Å². The van der Waals surface area contributed by atoms with Crippen LogP contribution in [0.3, 0.4) is 0 Å². The molecule has 4 rings (SSSR count). The summed E-state index contributed by atoms with van der Waals surface area (Å²) < 4.78 is 43.6. The third kappa shape index (κ3) is 3.56. The van der Waals surface area contributed by atoms with E-state index in [0.717, 1.165) is 0 Å². The molecule has 0 bridgehead atoms. The standard InChI is InChI=1S/C19H19NO7S/c21-19(22)15-9-14(13-1-2-17-18(12-13)27-8-7-26-17)10-16(11-15)28(23,24)20-3-5-25-6-4-20/h1-2,9-12H,3-8H2,(H,21,22). The molecule has 8 nitrogen and oxygen atoms in total. The van der Waals surface area contributed by atoms with Crippen LogP contribution in [-0.4, -0.2) is 63.3 Å². The molecule has 2 aromatic carbocycles. The summed E-state index contributed by atoms with van der Waals surface area (Å²) in [6, 6.07) is 9.33. The maximum absolute atomic E-state index is 13.0. The Kier molecular flexibility index (Phi) is 4.96. The predicted octanol–water partition coefficient (Wildman–Crippen LogP) is 1.84. The van der Waals surface area contributed by atoms with Gasteiger partial charge in [-0.15, -0.1) is 0 Å². The quantitative estimate of drug-likeness (QED) is 0.828. The minimum atomic E-state index is -3.83. The van der Waals surface area contributed by atoms with E-state index in [0.29, 0.717) is 49.1 Å². The molecule has 0 radical (unpaired) electrons. The molecule has 9 heteroatoms. The Morgan fingerprint density at radius 3 is 2.32 bits per heavy atom. The maximum atomic E-state index is 13.0. The summed E-state index contributed by atoms with van der Waals surface area (Å²) in [6.07, 6.45) is 0. The van der Waals surface area contributed by atoms with Gasteiger partial charge in [0.25, 0.3) is 0 Å². The van der Waals surface area contributed by atoms with Crippen molar-refractivity contribution in [2.45, 2.75) is 4.90 Å². The van der Waals surface area contributed by atoms with Gasteiger partial charge in [-0.25, -0.2) is 13.2 Å². The zero-order chi connectivity index (χ0) is 19.7. The van der Waals surface area contributed by atoms with E-state index >= 15 is 0 Å². The largest absolute Gasteiger partial charge is 0.486 e. The first-order valence-corrected chi connectivity index (χ1v) is 10.3. The number of morpholine rings is 1. The SMILES string of the molecule is O=C(O)c1cc(-c2ccc3c(c2)OCCO3)cc(S(=O)(=O)N2CCOCC2)c1. The summed E-state index contributed by atoms with van der Waals surface area (Å²) in [5.41, 5.74) is 1.02. The van der Waals surface area contributed by atoms with Crippen LogP contribution in [0.5, 0.6) is 11.5 Å². The number of hydrogen-bond donors (Lipinski definition) is 1. The van der Waals surface area contributed by atoms with Crippen molar-refractivity contribution >= 4 is 16.0 Å². The molecule has 1 N–H and O–H groups in total. The van der Waals surface area contributed by atoms with Crippen molar-refractivity contribution in [3.05, 3.63) is 42.0 Å². The second-order valence-electron chi connectivity index (χ2n) is 6.43. The smallest absolute Gasteiger partial charge is 0.335 e. The molecule has 2 aliphatic rings. The highest BCUT2D eigenvalue weighted by Gasteiger charge is 2.28. The Morgan fingerprint density at radius 1 is 0.893 bits per heavy atom. The van der Waals surface area contributed by atoms with E-state index in [4.69, 9.17) is 14.2 Å². The first-order valence-electron chi connectivity index (χ1n) is 8.81.